The Morgan fingerprint density at radius 1 is 1.17 bits per heavy atom. The number of piperazine rings is 1. The molecule has 5 aliphatic heterocycles. The smallest absolute Gasteiger partial charge is 0.280 e. The SMILES string of the molecule is C=CC(=O)N1CCN(C2CN3c4cc(N5CCC6(CC5)OCc5nccc(C)c56)nc(C(F)F)c4CCC[C@H]23)CC1. The second-order valence-corrected chi connectivity index (χ2v) is 12.1. The van der Waals surface area contributed by atoms with Gasteiger partial charge in [0.15, 0.2) is 0 Å². The highest BCUT2D eigenvalue weighted by Crippen LogP contribution is 2.47. The van der Waals surface area contributed by atoms with Crippen LogP contribution in [0.25, 0.3) is 0 Å². The van der Waals surface area contributed by atoms with Crippen LogP contribution in [-0.2, 0) is 28.2 Å². The maximum atomic E-state index is 14.5. The molecule has 7 heterocycles. The number of hydrogen-bond donors (Lipinski definition) is 0. The van der Waals surface area contributed by atoms with Crippen LogP contribution in [0, 0.1) is 6.92 Å². The first kappa shape index (κ1) is 26.8. The van der Waals surface area contributed by atoms with Gasteiger partial charge in [-0.1, -0.05) is 6.58 Å². The number of fused-ring (bicyclic) bond motifs is 5. The summed E-state index contributed by atoms with van der Waals surface area (Å²) in [6, 6.07) is 4.79. The Kier molecular flexibility index (Phi) is 6.73. The second-order valence-electron chi connectivity index (χ2n) is 12.1. The number of carbonyl (C=O) groups is 1. The number of anilines is 2. The van der Waals surface area contributed by atoms with E-state index in [0.29, 0.717) is 62.7 Å². The number of carbonyl (C=O) groups excluding carboxylic acids is 1. The van der Waals surface area contributed by atoms with Gasteiger partial charge < -0.3 is 19.4 Å². The van der Waals surface area contributed by atoms with Crippen molar-refractivity contribution in [3.05, 3.63) is 59.1 Å². The van der Waals surface area contributed by atoms with Gasteiger partial charge in [-0.05, 0) is 56.7 Å². The fourth-order valence-corrected chi connectivity index (χ4v) is 7.94. The van der Waals surface area contributed by atoms with Gasteiger partial charge >= 0.3 is 0 Å². The molecule has 0 bridgehead atoms. The van der Waals surface area contributed by atoms with Gasteiger partial charge in [-0.3, -0.25) is 14.7 Å². The molecule has 1 spiro atoms. The summed E-state index contributed by atoms with van der Waals surface area (Å²) in [4.78, 5) is 30.0. The summed E-state index contributed by atoms with van der Waals surface area (Å²) in [5, 5.41) is 0. The number of rotatable bonds is 4. The van der Waals surface area contributed by atoms with Crippen molar-refractivity contribution in [1.29, 1.82) is 0 Å². The summed E-state index contributed by atoms with van der Waals surface area (Å²) in [5.74, 6) is 0.637. The zero-order valence-corrected chi connectivity index (χ0v) is 23.7. The molecule has 0 radical (unpaired) electrons. The van der Waals surface area contributed by atoms with E-state index in [1.807, 2.05) is 17.2 Å². The third-order valence-corrected chi connectivity index (χ3v) is 10.1. The Bertz CT molecular complexity index is 1350. The van der Waals surface area contributed by atoms with E-state index in [-0.39, 0.29) is 17.2 Å². The normalized spacial score (nSPS) is 25.4. The number of piperidine rings is 1. The lowest BCUT2D eigenvalue weighted by atomic mass is 9.83. The Balaban J connectivity index is 1.11. The van der Waals surface area contributed by atoms with E-state index >= 15 is 0 Å². The lowest BCUT2D eigenvalue weighted by Crippen LogP contribution is -2.69. The van der Waals surface area contributed by atoms with Crippen LogP contribution in [0.1, 0.15) is 60.2 Å². The first-order valence-electron chi connectivity index (χ1n) is 15.0. The van der Waals surface area contributed by atoms with Crippen LogP contribution in [0.2, 0.25) is 0 Å². The van der Waals surface area contributed by atoms with Crippen LogP contribution in [0.5, 0.6) is 0 Å². The number of alkyl halides is 2. The van der Waals surface area contributed by atoms with Crippen molar-refractivity contribution in [2.45, 2.75) is 69.7 Å². The Morgan fingerprint density at radius 3 is 2.68 bits per heavy atom. The van der Waals surface area contributed by atoms with Crippen LogP contribution in [0.4, 0.5) is 20.3 Å². The molecule has 3 saturated heterocycles. The summed E-state index contributed by atoms with van der Waals surface area (Å²) in [6.07, 6.45) is 4.65. The lowest BCUT2D eigenvalue weighted by molar-refractivity contribution is -0.128. The molecule has 0 N–H and O–H groups in total. The molecule has 0 aromatic carbocycles. The predicted molar refractivity (Wildman–Crippen MR) is 152 cm³/mol. The number of hydrogen-bond acceptors (Lipinski definition) is 7. The molecule has 0 aliphatic carbocycles. The number of amides is 1. The number of aromatic nitrogens is 2. The van der Waals surface area contributed by atoms with Crippen molar-refractivity contribution >= 4 is 17.4 Å². The van der Waals surface area contributed by atoms with Crippen LogP contribution in [0.15, 0.2) is 31.0 Å². The molecule has 1 unspecified atom stereocenters. The maximum absolute atomic E-state index is 14.5. The third-order valence-electron chi connectivity index (χ3n) is 10.1. The van der Waals surface area contributed by atoms with E-state index in [0.717, 1.165) is 56.7 Å². The van der Waals surface area contributed by atoms with Crippen molar-refractivity contribution in [2.24, 2.45) is 0 Å². The third kappa shape index (κ3) is 4.41. The summed E-state index contributed by atoms with van der Waals surface area (Å²) in [5.41, 5.74) is 4.69. The van der Waals surface area contributed by atoms with Crippen molar-refractivity contribution in [3.63, 3.8) is 0 Å². The molecule has 1 amide bonds. The van der Waals surface area contributed by atoms with E-state index in [1.165, 1.54) is 17.2 Å². The quantitative estimate of drug-likeness (QED) is 0.521. The number of pyridine rings is 2. The molecule has 7 rings (SSSR count). The van der Waals surface area contributed by atoms with E-state index in [2.05, 4.69) is 44.2 Å². The Hall–Kier alpha value is -3.11. The van der Waals surface area contributed by atoms with Crippen molar-refractivity contribution in [1.82, 2.24) is 19.8 Å². The van der Waals surface area contributed by atoms with Gasteiger partial charge in [-0.25, -0.2) is 13.8 Å². The van der Waals surface area contributed by atoms with Crippen molar-refractivity contribution in [3.8, 4) is 0 Å². The molecule has 2 aromatic heterocycles. The maximum Gasteiger partial charge on any atom is 0.280 e. The standard InChI is InChI=1S/C31H38F2N6O2/c1-3-27(40)38-15-13-36(14-16-38)25-18-39-23(25)6-4-5-21-24(39)17-26(35-29(21)30(32)33)37-11-8-31(9-12-37)28-20(2)7-10-34-22(28)19-41-31/h3,7,10,17,23,25,30H,1,4-6,8-9,11-16,18-19H2,2H3/t23-,25?/m1/s1. The van der Waals surface area contributed by atoms with Crippen molar-refractivity contribution < 1.29 is 18.3 Å². The lowest BCUT2D eigenvalue weighted by Gasteiger charge is -2.55. The molecule has 41 heavy (non-hydrogen) atoms. The van der Waals surface area contributed by atoms with Gasteiger partial charge in [0, 0.05) is 87.0 Å². The minimum Gasteiger partial charge on any atom is -0.365 e. The molecular weight excluding hydrogens is 526 g/mol. The molecule has 5 aliphatic rings. The molecule has 0 saturated carbocycles. The molecule has 2 aromatic rings. The largest absolute Gasteiger partial charge is 0.365 e. The zero-order chi connectivity index (χ0) is 28.3. The monoisotopic (exact) mass is 564 g/mol. The van der Waals surface area contributed by atoms with Crippen LogP contribution >= 0.6 is 0 Å². The van der Waals surface area contributed by atoms with Gasteiger partial charge in [0.1, 0.15) is 11.5 Å². The van der Waals surface area contributed by atoms with Gasteiger partial charge in [0.05, 0.1) is 17.9 Å². The molecule has 3 fully saturated rings. The highest BCUT2D eigenvalue weighted by molar-refractivity contribution is 5.87. The van der Waals surface area contributed by atoms with Gasteiger partial charge in [0.25, 0.3) is 6.43 Å². The number of nitrogens with zero attached hydrogens (tertiary/aromatic N) is 6. The number of ether oxygens (including phenoxy) is 1. The topological polar surface area (TPSA) is 65.0 Å². The minimum atomic E-state index is -2.61. The average molecular weight is 565 g/mol. The molecular formula is C31H38F2N6O2. The van der Waals surface area contributed by atoms with Crippen LogP contribution < -0.4 is 9.80 Å². The minimum absolute atomic E-state index is 0.0121. The van der Waals surface area contributed by atoms with Gasteiger partial charge in [0.2, 0.25) is 5.91 Å². The highest BCUT2D eigenvalue weighted by atomic mass is 19.3. The van der Waals surface area contributed by atoms with E-state index in [1.54, 1.807) is 0 Å². The summed E-state index contributed by atoms with van der Waals surface area (Å²) >= 11 is 0. The summed E-state index contributed by atoms with van der Waals surface area (Å²) in [6.45, 7) is 11.5. The first-order valence-corrected chi connectivity index (χ1v) is 15.0. The van der Waals surface area contributed by atoms with Gasteiger partial charge in [-0.2, -0.15) is 0 Å². The Morgan fingerprint density at radius 2 is 1.95 bits per heavy atom. The highest BCUT2D eigenvalue weighted by Gasteiger charge is 2.47. The average Bonchev–Trinajstić information content (AvgIpc) is 3.27. The molecule has 10 heteroatoms. The van der Waals surface area contributed by atoms with Crippen molar-refractivity contribution in [2.75, 3.05) is 55.6 Å². The first-order chi connectivity index (χ1) is 19.9. The summed E-state index contributed by atoms with van der Waals surface area (Å²) < 4.78 is 35.3. The molecule has 218 valence electrons. The van der Waals surface area contributed by atoms with Crippen LogP contribution in [-0.4, -0.2) is 83.6 Å². The zero-order valence-electron chi connectivity index (χ0n) is 23.7. The Labute approximate surface area is 240 Å². The van der Waals surface area contributed by atoms with Gasteiger partial charge in [-0.15, -0.1) is 0 Å². The van der Waals surface area contributed by atoms with E-state index in [9.17, 15) is 13.6 Å². The summed E-state index contributed by atoms with van der Waals surface area (Å²) in [7, 11) is 0. The fraction of sp³-hybridized carbons (Fsp3) is 0.581. The number of aryl methyl sites for hydroxylation is 1. The second kappa shape index (κ2) is 10.3. The van der Waals surface area contributed by atoms with E-state index < -0.39 is 6.43 Å². The molecule has 2 atom stereocenters. The fourth-order valence-electron chi connectivity index (χ4n) is 7.94. The van der Waals surface area contributed by atoms with E-state index in [4.69, 9.17) is 4.74 Å². The molecule has 8 nitrogen and oxygen atoms in total. The number of halogens is 2. The van der Waals surface area contributed by atoms with Crippen LogP contribution in [0.3, 0.4) is 0 Å². The predicted octanol–water partition coefficient (Wildman–Crippen LogP) is 3.97.